The van der Waals surface area contributed by atoms with Gasteiger partial charge in [0, 0.05) is 23.6 Å². The maximum atomic E-state index is 11.8. The third kappa shape index (κ3) is 4.53. The van der Waals surface area contributed by atoms with Crippen molar-refractivity contribution in [3.05, 3.63) is 36.2 Å². The third-order valence-electron chi connectivity index (χ3n) is 9.76. The molecule has 4 fully saturated rings. The van der Waals surface area contributed by atoms with Gasteiger partial charge in [0.25, 0.3) is 0 Å². The molecule has 0 bridgehead atoms. The largest absolute Gasteiger partial charge is 0.493 e. The molecule has 1 unspecified atom stereocenters. The zero-order valence-corrected chi connectivity index (χ0v) is 21.6. The molecule has 0 spiro atoms. The maximum Gasteiger partial charge on any atom is 0.356 e. The third-order valence-corrected chi connectivity index (χ3v) is 9.76. The molecule has 1 aromatic heterocycles. The summed E-state index contributed by atoms with van der Waals surface area (Å²) in [6.45, 7) is 10.8. The van der Waals surface area contributed by atoms with Crippen LogP contribution in [0.5, 0.6) is 5.75 Å². The Hall–Kier alpha value is -1.92. The van der Waals surface area contributed by atoms with Crippen LogP contribution in [-0.4, -0.2) is 43.7 Å². The van der Waals surface area contributed by atoms with Gasteiger partial charge in [-0.05, 0) is 68.3 Å². The molecule has 1 saturated heterocycles. The number of carbonyl (C=O) groups excluding carboxylic acids is 1. The van der Waals surface area contributed by atoms with E-state index in [2.05, 4.69) is 25.4 Å². The Morgan fingerprint density at radius 1 is 1.20 bits per heavy atom. The van der Waals surface area contributed by atoms with Gasteiger partial charge in [0.1, 0.15) is 5.75 Å². The van der Waals surface area contributed by atoms with Gasteiger partial charge in [0.2, 0.25) is 0 Å². The lowest BCUT2D eigenvalue weighted by atomic mass is 9.46. The monoisotopic (exact) mass is 483 g/mol. The number of aromatic nitrogens is 1. The molecule has 3 aliphatic carbocycles. The highest BCUT2D eigenvalue weighted by atomic mass is 16.7. The number of pyridine rings is 1. The number of ether oxygens (including phenoxy) is 4. The first-order chi connectivity index (χ1) is 16.8. The first-order valence-corrected chi connectivity index (χ1v) is 13.5. The van der Waals surface area contributed by atoms with Crippen LogP contribution in [0.3, 0.4) is 0 Å². The molecule has 4 aliphatic rings. The summed E-state index contributed by atoms with van der Waals surface area (Å²) < 4.78 is 24.0. The first kappa shape index (κ1) is 24.8. The summed E-state index contributed by atoms with van der Waals surface area (Å²) in [5.74, 6) is 1.71. The lowest BCUT2D eigenvalue weighted by Crippen LogP contribution is -2.62. The molecular formula is C29H41NO5. The van der Waals surface area contributed by atoms with Crippen molar-refractivity contribution in [1.82, 2.24) is 4.98 Å². The summed E-state index contributed by atoms with van der Waals surface area (Å²) in [5, 5.41) is 0. The van der Waals surface area contributed by atoms with Crippen molar-refractivity contribution >= 4 is 5.97 Å². The van der Waals surface area contributed by atoms with Crippen LogP contribution in [0.25, 0.3) is 0 Å². The Morgan fingerprint density at radius 3 is 2.77 bits per heavy atom. The summed E-state index contributed by atoms with van der Waals surface area (Å²) in [7, 11) is 1.36. The predicted octanol–water partition coefficient (Wildman–Crippen LogP) is 5.96. The number of methoxy groups -OCH3 is 1. The summed E-state index contributed by atoms with van der Waals surface area (Å²) >= 11 is 0. The van der Waals surface area contributed by atoms with Gasteiger partial charge in [-0.15, -0.1) is 0 Å². The van der Waals surface area contributed by atoms with Gasteiger partial charge < -0.3 is 18.9 Å². The van der Waals surface area contributed by atoms with Gasteiger partial charge in [-0.1, -0.05) is 38.8 Å². The summed E-state index contributed by atoms with van der Waals surface area (Å²) in [5.41, 5.74) is 1.81. The average Bonchev–Trinajstić information content (AvgIpc) is 3.40. The Balaban J connectivity index is 1.26. The Bertz CT molecular complexity index is 943. The molecule has 0 radical (unpaired) electrons. The smallest absolute Gasteiger partial charge is 0.356 e. The summed E-state index contributed by atoms with van der Waals surface area (Å²) in [6.07, 6.45) is 12.4. The zero-order chi connectivity index (χ0) is 24.6. The van der Waals surface area contributed by atoms with E-state index in [1.807, 2.05) is 0 Å². The molecule has 6 nitrogen and oxygen atoms in total. The van der Waals surface area contributed by atoms with Crippen molar-refractivity contribution in [3.63, 3.8) is 0 Å². The molecule has 3 saturated carbocycles. The van der Waals surface area contributed by atoms with Gasteiger partial charge >= 0.3 is 5.97 Å². The van der Waals surface area contributed by atoms with Gasteiger partial charge in [0.15, 0.2) is 12.0 Å². The van der Waals surface area contributed by atoms with Crippen LogP contribution in [0.15, 0.2) is 30.5 Å². The second kappa shape index (κ2) is 9.85. The summed E-state index contributed by atoms with van der Waals surface area (Å²) in [4.78, 5) is 15.9. The highest BCUT2D eigenvalue weighted by Gasteiger charge is 2.60. The fraction of sp³-hybridized carbons (Fsp3) is 0.724. The molecule has 0 N–H and O–H groups in total. The predicted molar refractivity (Wildman–Crippen MR) is 133 cm³/mol. The van der Waals surface area contributed by atoms with Crippen LogP contribution in [0, 0.1) is 28.6 Å². The van der Waals surface area contributed by atoms with Crippen molar-refractivity contribution in [1.29, 1.82) is 0 Å². The van der Waals surface area contributed by atoms with Crippen LogP contribution < -0.4 is 4.74 Å². The zero-order valence-electron chi connectivity index (χ0n) is 21.6. The molecule has 1 aliphatic heterocycles. The molecule has 192 valence electrons. The van der Waals surface area contributed by atoms with E-state index in [0.29, 0.717) is 30.1 Å². The van der Waals surface area contributed by atoms with E-state index < -0.39 is 5.97 Å². The molecule has 6 heteroatoms. The highest BCUT2D eigenvalue weighted by Crippen LogP contribution is 2.63. The van der Waals surface area contributed by atoms with Crippen molar-refractivity contribution in [3.8, 4) is 5.75 Å². The molecule has 6 atom stereocenters. The van der Waals surface area contributed by atoms with Gasteiger partial charge in [-0.2, -0.15) is 0 Å². The molecule has 1 aromatic rings. The lowest BCUT2D eigenvalue weighted by Gasteiger charge is -2.63. The van der Waals surface area contributed by atoms with Crippen LogP contribution in [0.2, 0.25) is 0 Å². The number of hydrogen-bond acceptors (Lipinski definition) is 6. The number of carbonyl (C=O) groups is 1. The number of fused-ring (bicyclic) bond motifs is 3. The quantitative estimate of drug-likeness (QED) is 0.367. The van der Waals surface area contributed by atoms with Crippen molar-refractivity contribution in [2.75, 3.05) is 20.3 Å². The van der Waals surface area contributed by atoms with E-state index in [-0.39, 0.29) is 28.9 Å². The molecule has 0 aromatic carbocycles. The standard InChI is InChI=1S/C29H41NO5/c1-19-9-10-24-28(2,22(19)13-16-33-21-12-15-30-23(17-21)26(31)32-4)14-11-25-29(24,3)18-34-27(35-25)20-7-5-6-8-20/h12,15,17,20,22,24-25,27H,1,5-11,13-14,16,18H2,2-4H3/t22-,24?,25-,27-,28+,29+/m1/s1. The number of hydrogen-bond donors (Lipinski definition) is 0. The number of allylic oxidation sites excluding steroid dienone is 1. The molecule has 2 heterocycles. The van der Waals surface area contributed by atoms with E-state index >= 15 is 0 Å². The van der Waals surface area contributed by atoms with Gasteiger partial charge in [-0.3, -0.25) is 0 Å². The molecule has 35 heavy (non-hydrogen) atoms. The molecule has 5 rings (SSSR count). The Morgan fingerprint density at radius 2 is 2.00 bits per heavy atom. The van der Waals surface area contributed by atoms with E-state index in [4.69, 9.17) is 18.9 Å². The topological polar surface area (TPSA) is 66.9 Å². The van der Waals surface area contributed by atoms with Crippen LogP contribution >= 0.6 is 0 Å². The van der Waals surface area contributed by atoms with E-state index in [1.54, 1.807) is 18.3 Å². The molecular weight excluding hydrogens is 442 g/mol. The minimum Gasteiger partial charge on any atom is -0.493 e. The first-order valence-electron chi connectivity index (χ1n) is 13.5. The second-order valence-corrected chi connectivity index (χ2v) is 11.7. The van der Waals surface area contributed by atoms with Gasteiger partial charge in [0.05, 0.1) is 26.4 Å². The van der Waals surface area contributed by atoms with Crippen molar-refractivity contribution < 1.29 is 23.7 Å². The maximum absolute atomic E-state index is 11.8. The van der Waals surface area contributed by atoms with Crippen molar-refractivity contribution in [2.45, 2.75) is 84.0 Å². The highest BCUT2D eigenvalue weighted by molar-refractivity contribution is 5.87. The Kier molecular flexibility index (Phi) is 6.97. The fourth-order valence-electron chi connectivity index (χ4n) is 7.87. The average molecular weight is 484 g/mol. The van der Waals surface area contributed by atoms with Crippen LogP contribution in [0.1, 0.15) is 82.1 Å². The number of esters is 1. The Labute approximate surface area is 209 Å². The van der Waals surface area contributed by atoms with E-state index in [9.17, 15) is 4.79 Å². The number of nitrogens with zero attached hydrogens (tertiary/aromatic N) is 1. The second-order valence-electron chi connectivity index (χ2n) is 11.7. The minimum absolute atomic E-state index is 0.00192. The molecule has 0 amide bonds. The van der Waals surface area contributed by atoms with E-state index in [1.165, 1.54) is 38.4 Å². The van der Waals surface area contributed by atoms with Crippen LogP contribution in [-0.2, 0) is 14.2 Å². The number of rotatable bonds is 6. The normalized spacial score (nSPS) is 37.4. The van der Waals surface area contributed by atoms with E-state index in [0.717, 1.165) is 38.7 Å². The van der Waals surface area contributed by atoms with Gasteiger partial charge in [-0.25, -0.2) is 9.78 Å². The SMILES string of the molecule is C=C1CCC2[C@]3(C)CO[C@@H](C4CCCC4)O[C@@H]3CC[C@@]2(C)[C@@H]1CCOc1ccnc(C(=O)OC)c1. The fourth-order valence-corrected chi connectivity index (χ4v) is 7.87. The van der Waals surface area contributed by atoms with Crippen molar-refractivity contribution in [2.24, 2.45) is 28.6 Å². The lowest BCUT2D eigenvalue weighted by molar-refractivity contribution is -0.316. The van der Waals surface area contributed by atoms with Crippen LogP contribution in [0.4, 0.5) is 0 Å². The summed E-state index contributed by atoms with van der Waals surface area (Å²) in [6, 6.07) is 3.44. The minimum atomic E-state index is -0.455.